The van der Waals surface area contributed by atoms with Crippen LogP contribution >= 0.6 is 0 Å². The minimum atomic E-state index is -2.42. The van der Waals surface area contributed by atoms with Crippen molar-refractivity contribution >= 4 is 18.4 Å². The van der Waals surface area contributed by atoms with Gasteiger partial charge in [0.05, 0.1) is 0 Å². The van der Waals surface area contributed by atoms with E-state index >= 15 is 0 Å². The van der Waals surface area contributed by atoms with Crippen molar-refractivity contribution in [2.45, 2.75) is 105 Å². The van der Waals surface area contributed by atoms with Gasteiger partial charge in [-0.3, -0.25) is 0 Å². The Balaban J connectivity index is 2.40. The molecule has 1 aliphatic carbocycles. The molecule has 0 aromatic heterocycles. The summed E-state index contributed by atoms with van der Waals surface area (Å²) < 4.78 is 19.1. The van der Waals surface area contributed by atoms with E-state index in [1.165, 1.54) is 51.8 Å². The maximum absolute atomic E-state index is 6.31. The molecule has 3 heteroatoms. The second kappa shape index (κ2) is 9.59. The molecule has 0 atom stereocenters. The van der Waals surface area contributed by atoms with E-state index in [2.05, 4.69) is 40.7 Å². The van der Waals surface area contributed by atoms with Crippen LogP contribution in [0.3, 0.4) is 0 Å². The summed E-state index contributed by atoms with van der Waals surface area (Å²) in [6.45, 7) is 13.5. The van der Waals surface area contributed by atoms with Gasteiger partial charge in [0.1, 0.15) is 0 Å². The van der Waals surface area contributed by atoms with Crippen LogP contribution in [-0.2, 0) is 9.47 Å². The Morgan fingerprint density at radius 3 is 1.80 bits per heavy atom. The zero-order valence-corrected chi connectivity index (χ0v) is 20.4. The second-order valence-electron chi connectivity index (χ2n) is 8.82. The summed E-state index contributed by atoms with van der Waals surface area (Å²) in [5.74, 6) is -0.329. The molecule has 2 nitrogen and oxygen atoms in total. The molecule has 0 unspecified atom stereocenters. The van der Waals surface area contributed by atoms with E-state index in [1.54, 1.807) is 0 Å². The number of ether oxygens (including phenoxy) is 2. The Morgan fingerprint density at radius 1 is 0.880 bits per heavy atom. The summed E-state index contributed by atoms with van der Waals surface area (Å²) in [7, 11) is 0. The number of unbranched alkanes of at least 4 members (excludes halogenated alkanes) is 3. The van der Waals surface area contributed by atoms with Gasteiger partial charge in [-0.15, -0.1) is 0 Å². The van der Waals surface area contributed by atoms with Gasteiger partial charge in [0.2, 0.25) is 0 Å². The van der Waals surface area contributed by atoms with Crippen molar-refractivity contribution in [3.8, 4) is 0 Å². The molecule has 0 N–H and O–H groups in total. The number of hydrogen-bond acceptors (Lipinski definition) is 2. The standard InChI is InChI=1S/C10H15O2.3C4H9.Sn/c1-9(2)5-3-4-6-10(9)11-7-8-12-10;3*1-3-4-2;/h3H,4,6-8H2,1-2H3;3*1,3-4H2,2H3;. The zero-order chi connectivity index (χ0) is 18.4. The molecule has 1 fully saturated rings. The van der Waals surface area contributed by atoms with Crippen LogP contribution in [0.1, 0.15) is 86.0 Å². The molecule has 1 saturated heterocycles. The third-order valence-electron chi connectivity index (χ3n) is 6.80. The Kier molecular flexibility index (Phi) is 8.35. The van der Waals surface area contributed by atoms with E-state index < -0.39 is 18.4 Å². The van der Waals surface area contributed by atoms with Gasteiger partial charge in [-0.25, -0.2) is 0 Å². The molecule has 2 aliphatic rings. The van der Waals surface area contributed by atoms with Gasteiger partial charge >= 0.3 is 161 Å². The fraction of sp³-hybridized carbons (Fsp3) is 0.909. The summed E-state index contributed by atoms with van der Waals surface area (Å²) >= 11 is -2.42. The maximum atomic E-state index is 6.31. The SMILES string of the molecule is CCC[CH2][Sn]([CH2]CCC)([CH2]CCC)[C]1=CCCC2(OCCO2)C1(C)C. The van der Waals surface area contributed by atoms with Gasteiger partial charge in [-0.05, 0) is 0 Å². The van der Waals surface area contributed by atoms with E-state index in [4.69, 9.17) is 9.47 Å². The summed E-state index contributed by atoms with van der Waals surface area (Å²) in [6, 6.07) is 0. The zero-order valence-electron chi connectivity index (χ0n) is 17.6. The van der Waals surface area contributed by atoms with Crippen LogP contribution in [0.4, 0.5) is 0 Å². The molecule has 146 valence electrons. The summed E-state index contributed by atoms with van der Waals surface area (Å²) in [4.78, 5) is 0. The van der Waals surface area contributed by atoms with Gasteiger partial charge in [0.25, 0.3) is 0 Å². The van der Waals surface area contributed by atoms with Crippen molar-refractivity contribution in [2.24, 2.45) is 5.41 Å². The van der Waals surface area contributed by atoms with Crippen LogP contribution < -0.4 is 0 Å². The normalized spacial score (nSPS) is 22.4. The molecule has 0 aromatic carbocycles. The number of allylic oxidation sites excluding steroid dienone is 1. The minimum absolute atomic E-state index is 0.0626. The molecule has 2 rings (SSSR count). The first-order valence-electron chi connectivity index (χ1n) is 11.0. The summed E-state index contributed by atoms with van der Waals surface area (Å²) in [5, 5.41) is 0. The Hall–Kier alpha value is 0.459. The van der Waals surface area contributed by atoms with E-state index in [0.717, 1.165) is 26.1 Å². The third-order valence-corrected chi connectivity index (χ3v) is 23.6. The quantitative estimate of drug-likeness (QED) is 0.334. The van der Waals surface area contributed by atoms with Gasteiger partial charge in [-0.1, -0.05) is 0 Å². The van der Waals surface area contributed by atoms with E-state index in [-0.39, 0.29) is 11.2 Å². The first-order valence-corrected chi connectivity index (χ1v) is 18.4. The molecule has 1 aliphatic heterocycles. The first kappa shape index (κ1) is 21.8. The van der Waals surface area contributed by atoms with Gasteiger partial charge < -0.3 is 0 Å². The van der Waals surface area contributed by atoms with Crippen LogP contribution in [-0.4, -0.2) is 37.4 Å². The van der Waals surface area contributed by atoms with Crippen LogP contribution in [0, 0.1) is 5.41 Å². The predicted octanol–water partition coefficient (Wildman–Crippen LogP) is 6.86. The fourth-order valence-electron chi connectivity index (χ4n) is 5.34. The molecule has 0 radical (unpaired) electrons. The summed E-state index contributed by atoms with van der Waals surface area (Å²) in [5.41, 5.74) is 0.0626. The van der Waals surface area contributed by atoms with Crippen LogP contribution in [0.2, 0.25) is 13.3 Å². The van der Waals surface area contributed by atoms with E-state index in [1.807, 2.05) is 3.59 Å². The number of hydrogen-bond donors (Lipinski definition) is 0. The van der Waals surface area contributed by atoms with Crippen molar-refractivity contribution in [1.29, 1.82) is 0 Å². The van der Waals surface area contributed by atoms with E-state index in [9.17, 15) is 0 Å². The van der Waals surface area contributed by atoms with Crippen molar-refractivity contribution in [1.82, 2.24) is 0 Å². The van der Waals surface area contributed by atoms with Gasteiger partial charge in [0.15, 0.2) is 0 Å². The number of rotatable bonds is 10. The molecular formula is C22H42O2Sn. The predicted molar refractivity (Wildman–Crippen MR) is 111 cm³/mol. The average molecular weight is 457 g/mol. The fourth-order valence-corrected chi connectivity index (χ4v) is 24.6. The molecule has 25 heavy (non-hydrogen) atoms. The summed E-state index contributed by atoms with van der Waals surface area (Å²) in [6.07, 6.45) is 13.1. The Labute approximate surface area is 161 Å². The topological polar surface area (TPSA) is 18.5 Å². The monoisotopic (exact) mass is 458 g/mol. The second-order valence-corrected chi connectivity index (χ2v) is 21.9. The first-order chi connectivity index (χ1) is 12.0. The third kappa shape index (κ3) is 4.48. The molecule has 1 heterocycles. The average Bonchev–Trinajstić information content (AvgIpc) is 3.08. The van der Waals surface area contributed by atoms with Crippen LogP contribution in [0.15, 0.2) is 9.67 Å². The molecule has 0 bridgehead atoms. The molecule has 1 spiro atoms. The van der Waals surface area contributed by atoms with Crippen molar-refractivity contribution in [2.75, 3.05) is 13.2 Å². The van der Waals surface area contributed by atoms with Crippen molar-refractivity contribution < 1.29 is 9.47 Å². The molecule has 0 amide bonds. The molecular weight excluding hydrogens is 415 g/mol. The van der Waals surface area contributed by atoms with E-state index in [0.29, 0.717) is 0 Å². The van der Waals surface area contributed by atoms with Crippen LogP contribution in [0.25, 0.3) is 0 Å². The van der Waals surface area contributed by atoms with Gasteiger partial charge in [0, 0.05) is 0 Å². The van der Waals surface area contributed by atoms with Crippen molar-refractivity contribution in [3.05, 3.63) is 9.67 Å². The molecule has 0 aromatic rings. The Morgan fingerprint density at radius 2 is 1.36 bits per heavy atom. The van der Waals surface area contributed by atoms with Crippen LogP contribution in [0.5, 0.6) is 0 Å². The van der Waals surface area contributed by atoms with Gasteiger partial charge in [-0.2, -0.15) is 0 Å². The Bertz CT molecular complexity index is 414. The van der Waals surface area contributed by atoms with Crippen molar-refractivity contribution in [3.63, 3.8) is 0 Å². The molecule has 0 saturated carbocycles.